The molecule has 0 unspecified atom stereocenters. The molecule has 0 aliphatic carbocycles. The molecule has 1 rings (SSSR count). The van der Waals surface area contributed by atoms with E-state index in [2.05, 4.69) is 6.92 Å². The highest BCUT2D eigenvalue weighted by molar-refractivity contribution is 6.63. The van der Waals surface area contributed by atoms with E-state index < -0.39 is 7.12 Å². The van der Waals surface area contributed by atoms with E-state index >= 15 is 0 Å². The molecule has 0 aliphatic rings. The van der Waals surface area contributed by atoms with Crippen LogP contribution in [0.4, 0.5) is 5.69 Å². The molecule has 0 radical (unpaired) electrons. The summed E-state index contributed by atoms with van der Waals surface area (Å²) in [7, 11) is -0.483. The highest BCUT2D eigenvalue weighted by Crippen LogP contribution is 2.18. The lowest BCUT2D eigenvalue weighted by molar-refractivity contribution is 0.0707. The molecule has 0 aromatic heterocycles. The molecule has 0 spiro atoms. The van der Waals surface area contributed by atoms with Gasteiger partial charge in [0.15, 0.2) is 0 Å². The summed E-state index contributed by atoms with van der Waals surface area (Å²) in [5, 5.41) is 0.627. The van der Waals surface area contributed by atoms with Crippen molar-refractivity contribution in [2.45, 2.75) is 39.7 Å². The van der Waals surface area contributed by atoms with Gasteiger partial charge in [-0.05, 0) is 45.4 Å². The van der Waals surface area contributed by atoms with Crippen molar-refractivity contribution in [3.8, 4) is 0 Å². The second-order valence-corrected chi connectivity index (χ2v) is 5.23. The van der Waals surface area contributed by atoms with E-state index in [0.29, 0.717) is 17.3 Å². The minimum Gasteiger partial charge on any atom is -0.408 e. The van der Waals surface area contributed by atoms with E-state index in [1.165, 1.54) is 0 Å². The molecule has 0 aliphatic heterocycles. The summed E-state index contributed by atoms with van der Waals surface area (Å²) in [5.74, 6) is 0. The maximum atomic E-state index is 6.00. The lowest BCUT2D eigenvalue weighted by Crippen LogP contribution is -2.44. The fourth-order valence-electron chi connectivity index (χ4n) is 1.46. The number of halogens is 1. The van der Waals surface area contributed by atoms with Gasteiger partial charge in [-0.1, -0.05) is 18.5 Å². The third kappa shape index (κ3) is 4.20. The quantitative estimate of drug-likeness (QED) is 0.638. The van der Waals surface area contributed by atoms with Crippen LogP contribution in [0.3, 0.4) is 0 Å². The summed E-state index contributed by atoms with van der Waals surface area (Å²) in [6.07, 6.45) is 0.886. The SMILES string of the molecule is CCOB(OC(C)(C)CC)c1cc(Cl)ccc1N. The number of hydrogen-bond acceptors (Lipinski definition) is 3. The van der Waals surface area contributed by atoms with Crippen LogP contribution in [-0.4, -0.2) is 19.3 Å². The molecule has 0 heterocycles. The zero-order valence-electron chi connectivity index (χ0n) is 11.5. The number of hydrogen-bond donors (Lipinski definition) is 1. The minimum absolute atomic E-state index is 0.269. The van der Waals surface area contributed by atoms with Crippen LogP contribution in [0.15, 0.2) is 18.2 Å². The second kappa shape index (κ2) is 6.46. The van der Waals surface area contributed by atoms with E-state index in [0.717, 1.165) is 11.9 Å². The number of nitrogen functional groups attached to an aromatic ring is 1. The molecule has 3 nitrogen and oxygen atoms in total. The standard InChI is InChI=1S/C13H21BClNO2/c1-5-13(3,4)18-14(17-6-2)11-9-10(15)7-8-12(11)16/h7-9H,5-6,16H2,1-4H3. The molecule has 0 amide bonds. The van der Waals surface area contributed by atoms with E-state index in [1.807, 2.05) is 20.8 Å². The van der Waals surface area contributed by atoms with Crippen LogP contribution in [0, 0.1) is 0 Å². The fourth-order valence-corrected chi connectivity index (χ4v) is 1.64. The van der Waals surface area contributed by atoms with Gasteiger partial charge in [0.25, 0.3) is 0 Å². The minimum atomic E-state index is -0.483. The average molecular weight is 270 g/mol. The Labute approximate surface area is 115 Å². The largest absolute Gasteiger partial charge is 0.496 e. The molecule has 0 bridgehead atoms. The highest BCUT2D eigenvalue weighted by atomic mass is 35.5. The third-order valence-corrected chi connectivity index (χ3v) is 3.13. The van der Waals surface area contributed by atoms with Crippen LogP contribution < -0.4 is 11.2 Å². The Hall–Kier alpha value is -0.705. The summed E-state index contributed by atoms with van der Waals surface area (Å²) in [6, 6.07) is 5.32. The number of benzene rings is 1. The summed E-state index contributed by atoms with van der Waals surface area (Å²) in [4.78, 5) is 0. The van der Waals surface area contributed by atoms with Crippen molar-refractivity contribution < 1.29 is 9.31 Å². The molecule has 1 aromatic carbocycles. The molecule has 0 saturated heterocycles. The zero-order valence-corrected chi connectivity index (χ0v) is 12.3. The van der Waals surface area contributed by atoms with E-state index in [9.17, 15) is 0 Å². The Morgan fingerprint density at radius 1 is 1.33 bits per heavy atom. The highest BCUT2D eigenvalue weighted by Gasteiger charge is 2.30. The maximum Gasteiger partial charge on any atom is 0.496 e. The van der Waals surface area contributed by atoms with Gasteiger partial charge in [-0.25, -0.2) is 0 Å². The lowest BCUT2D eigenvalue weighted by atomic mass is 9.76. The van der Waals surface area contributed by atoms with Crippen molar-refractivity contribution in [1.82, 2.24) is 0 Å². The molecule has 0 atom stereocenters. The van der Waals surface area contributed by atoms with Crippen molar-refractivity contribution in [2.75, 3.05) is 12.3 Å². The van der Waals surface area contributed by atoms with Gasteiger partial charge in [-0.3, -0.25) is 0 Å². The Bertz CT molecular complexity index is 399. The Morgan fingerprint density at radius 2 is 2.00 bits per heavy atom. The average Bonchev–Trinajstić information content (AvgIpc) is 2.31. The third-order valence-electron chi connectivity index (χ3n) is 2.90. The first-order valence-corrected chi connectivity index (χ1v) is 6.61. The van der Waals surface area contributed by atoms with Gasteiger partial charge in [0.1, 0.15) is 0 Å². The summed E-state index contributed by atoms with van der Waals surface area (Å²) in [5.41, 5.74) is 7.11. The van der Waals surface area contributed by atoms with Gasteiger partial charge < -0.3 is 15.0 Å². The molecule has 2 N–H and O–H groups in total. The van der Waals surface area contributed by atoms with Gasteiger partial charge in [0, 0.05) is 28.4 Å². The summed E-state index contributed by atoms with van der Waals surface area (Å²) in [6.45, 7) is 8.61. The maximum absolute atomic E-state index is 6.00. The Morgan fingerprint density at radius 3 is 2.56 bits per heavy atom. The summed E-state index contributed by atoms with van der Waals surface area (Å²) >= 11 is 6.00. The number of nitrogens with two attached hydrogens (primary N) is 1. The lowest BCUT2D eigenvalue weighted by Gasteiger charge is -2.28. The van der Waals surface area contributed by atoms with Crippen molar-refractivity contribution in [1.29, 1.82) is 0 Å². The fraction of sp³-hybridized carbons (Fsp3) is 0.538. The molecule has 18 heavy (non-hydrogen) atoms. The van der Waals surface area contributed by atoms with Gasteiger partial charge in [-0.2, -0.15) is 0 Å². The van der Waals surface area contributed by atoms with Gasteiger partial charge in [-0.15, -0.1) is 0 Å². The molecular formula is C13H21BClNO2. The van der Waals surface area contributed by atoms with Crippen LogP contribution in [0.1, 0.15) is 34.1 Å². The number of rotatable bonds is 6. The van der Waals surface area contributed by atoms with Crippen LogP contribution in [0.2, 0.25) is 5.02 Å². The van der Waals surface area contributed by atoms with Crippen molar-refractivity contribution in [2.24, 2.45) is 0 Å². The van der Waals surface area contributed by atoms with Gasteiger partial charge in [0.05, 0.1) is 0 Å². The monoisotopic (exact) mass is 269 g/mol. The van der Waals surface area contributed by atoms with Crippen molar-refractivity contribution in [3.63, 3.8) is 0 Å². The molecular weight excluding hydrogens is 248 g/mol. The first kappa shape index (κ1) is 15.4. The Balaban J connectivity index is 3.00. The van der Waals surface area contributed by atoms with Crippen LogP contribution in [0.25, 0.3) is 0 Å². The summed E-state index contributed by atoms with van der Waals surface area (Å²) < 4.78 is 11.6. The zero-order chi connectivity index (χ0) is 13.8. The second-order valence-electron chi connectivity index (χ2n) is 4.79. The van der Waals surface area contributed by atoms with Gasteiger partial charge >= 0.3 is 7.12 Å². The first-order valence-electron chi connectivity index (χ1n) is 6.24. The van der Waals surface area contributed by atoms with Gasteiger partial charge in [0.2, 0.25) is 0 Å². The molecule has 1 aromatic rings. The van der Waals surface area contributed by atoms with Crippen molar-refractivity contribution in [3.05, 3.63) is 23.2 Å². The normalized spacial score (nSPS) is 11.6. The van der Waals surface area contributed by atoms with E-state index in [4.69, 9.17) is 26.6 Å². The molecule has 5 heteroatoms. The van der Waals surface area contributed by atoms with Crippen LogP contribution in [0.5, 0.6) is 0 Å². The van der Waals surface area contributed by atoms with Crippen molar-refractivity contribution >= 4 is 29.9 Å². The van der Waals surface area contributed by atoms with E-state index in [1.54, 1.807) is 18.2 Å². The van der Waals surface area contributed by atoms with Crippen LogP contribution >= 0.6 is 11.6 Å². The molecule has 100 valence electrons. The predicted octanol–water partition coefficient (Wildman–Crippen LogP) is 2.86. The first-order chi connectivity index (χ1) is 8.39. The van der Waals surface area contributed by atoms with E-state index in [-0.39, 0.29) is 5.60 Å². The molecule has 0 fully saturated rings. The Kier molecular flexibility index (Phi) is 5.51. The smallest absolute Gasteiger partial charge is 0.408 e. The topological polar surface area (TPSA) is 44.5 Å². The van der Waals surface area contributed by atoms with Crippen LogP contribution in [-0.2, 0) is 9.31 Å². The number of anilines is 1. The molecule has 0 saturated carbocycles. The predicted molar refractivity (Wildman–Crippen MR) is 78.3 cm³/mol.